The van der Waals surface area contributed by atoms with Crippen LogP contribution in [0.3, 0.4) is 0 Å². The third-order valence-corrected chi connectivity index (χ3v) is 10.0. The standard InChI is InChI=1S/C18H15OP.C15H18FNO3/c19-20(16-10-4-1-5-11-16,17-12-6-2-7-13-17)18-14-8-3-9-15-18;1-3-14(18)17-8-10(9-17)6-11-4-5-12(7-13(11)16)15(19)20-2/h1-15H;4-5,7,10H,3,6,8-9H2,1-2H3. The molecule has 40 heavy (non-hydrogen) atoms. The first-order valence-corrected chi connectivity index (χ1v) is 15.0. The van der Waals surface area contributed by atoms with Crippen molar-refractivity contribution < 1.29 is 23.3 Å². The summed E-state index contributed by atoms with van der Waals surface area (Å²) in [6.07, 6.45) is 1.09. The van der Waals surface area contributed by atoms with Gasteiger partial charge in [0.1, 0.15) is 5.82 Å². The van der Waals surface area contributed by atoms with Crippen molar-refractivity contribution >= 4 is 34.9 Å². The lowest BCUT2D eigenvalue weighted by Crippen LogP contribution is -2.50. The number of halogens is 1. The van der Waals surface area contributed by atoms with Crippen LogP contribution in [0.1, 0.15) is 29.3 Å². The average molecular weight is 558 g/mol. The number of likely N-dealkylation sites (tertiary alicyclic amines) is 1. The molecule has 206 valence electrons. The summed E-state index contributed by atoms with van der Waals surface area (Å²) in [5.74, 6) is -0.501. The van der Waals surface area contributed by atoms with Crippen LogP contribution in [0.2, 0.25) is 0 Å². The van der Waals surface area contributed by atoms with E-state index in [4.69, 9.17) is 0 Å². The smallest absolute Gasteiger partial charge is 0.337 e. The van der Waals surface area contributed by atoms with E-state index in [0.29, 0.717) is 37.4 Å². The number of carbonyl (C=O) groups excluding carboxylic acids is 2. The zero-order valence-electron chi connectivity index (χ0n) is 22.7. The lowest BCUT2D eigenvalue weighted by Gasteiger charge is -2.39. The second-order valence-electron chi connectivity index (χ2n) is 9.64. The van der Waals surface area contributed by atoms with Gasteiger partial charge in [-0.1, -0.05) is 104 Å². The van der Waals surface area contributed by atoms with E-state index < -0.39 is 18.9 Å². The van der Waals surface area contributed by atoms with Gasteiger partial charge in [0.2, 0.25) is 5.91 Å². The average Bonchev–Trinajstić information content (AvgIpc) is 2.99. The number of carbonyl (C=O) groups is 2. The van der Waals surface area contributed by atoms with Crippen molar-refractivity contribution in [3.63, 3.8) is 0 Å². The molecule has 4 aromatic rings. The van der Waals surface area contributed by atoms with Gasteiger partial charge in [-0.15, -0.1) is 0 Å². The molecule has 1 aliphatic rings. The summed E-state index contributed by atoms with van der Waals surface area (Å²) in [5, 5.41) is 2.62. The van der Waals surface area contributed by atoms with Crippen molar-refractivity contribution in [2.75, 3.05) is 20.2 Å². The number of benzene rings is 4. The Labute approximate surface area is 235 Å². The molecule has 7 heteroatoms. The van der Waals surface area contributed by atoms with Gasteiger partial charge >= 0.3 is 5.97 Å². The Morgan fingerprint density at radius 2 is 1.30 bits per heavy atom. The number of esters is 1. The van der Waals surface area contributed by atoms with E-state index in [0.717, 1.165) is 15.9 Å². The van der Waals surface area contributed by atoms with Crippen molar-refractivity contribution in [3.8, 4) is 0 Å². The zero-order chi connectivity index (χ0) is 28.5. The zero-order valence-corrected chi connectivity index (χ0v) is 23.6. The molecule has 0 aliphatic carbocycles. The molecule has 4 aromatic carbocycles. The van der Waals surface area contributed by atoms with Crippen LogP contribution in [0.4, 0.5) is 4.39 Å². The van der Waals surface area contributed by atoms with Gasteiger partial charge in [0.25, 0.3) is 0 Å². The maximum atomic E-state index is 13.9. The van der Waals surface area contributed by atoms with E-state index in [2.05, 4.69) is 4.74 Å². The molecule has 0 unspecified atom stereocenters. The predicted molar refractivity (Wildman–Crippen MR) is 158 cm³/mol. The number of ether oxygens (including phenoxy) is 1. The first-order chi connectivity index (χ1) is 19.4. The van der Waals surface area contributed by atoms with E-state index in [1.54, 1.807) is 17.0 Å². The third kappa shape index (κ3) is 6.57. The van der Waals surface area contributed by atoms with Crippen LogP contribution >= 0.6 is 7.14 Å². The Morgan fingerprint density at radius 1 is 0.825 bits per heavy atom. The number of methoxy groups -OCH3 is 1. The topological polar surface area (TPSA) is 63.7 Å². The lowest BCUT2D eigenvalue weighted by molar-refractivity contribution is -0.137. The Kier molecular flexibility index (Phi) is 9.68. The molecule has 1 heterocycles. The second kappa shape index (κ2) is 13.4. The van der Waals surface area contributed by atoms with Gasteiger partial charge in [-0.25, -0.2) is 9.18 Å². The molecule has 1 saturated heterocycles. The summed E-state index contributed by atoms with van der Waals surface area (Å²) in [4.78, 5) is 24.5. The molecule has 5 nitrogen and oxygen atoms in total. The van der Waals surface area contributed by atoms with Crippen molar-refractivity contribution in [1.29, 1.82) is 0 Å². The third-order valence-electron chi connectivity index (χ3n) is 6.95. The van der Waals surface area contributed by atoms with Crippen molar-refractivity contribution in [3.05, 3.63) is 126 Å². The van der Waals surface area contributed by atoms with E-state index in [1.165, 1.54) is 13.2 Å². The molecule has 1 fully saturated rings. The minimum atomic E-state index is -2.78. The molecule has 0 aromatic heterocycles. The number of hydrogen-bond acceptors (Lipinski definition) is 4. The van der Waals surface area contributed by atoms with E-state index in [-0.39, 0.29) is 11.5 Å². The SMILES string of the molecule is CCC(=O)N1CC(Cc2ccc(C(=O)OC)cc2F)C1.O=P(c1ccccc1)(c1ccccc1)c1ccccc1. The lowest BCUT2D eigenvalue weighted by atomic mass is 9.91. The molecule has 5 rings (SSSR count). The number of rotatable bonds is 7. The van der Waals surface area contributed by atoms with Gasteiger partial charge in [0.15, 0.2) is 7.14 Å². The van der Waals surface area contributed by atoms with Gasteiger partial charge in [-0.2, -0.15) is 0 Å². The highest BCUT2D eigenvalue weighted by Crippen LogP contribution is 2.41. The number of nitrogens with zero attached hydrogens (tertiary/aromatic N) is 1. The maximum Gasteiger partial charge on any atom is 0.337 e. The quantitative estimate of drug-likeness (QED) is 0.227. The van der Waals surface area contributed by atoms with Crippen LogP contribution in [0.15, 0.2) is 109 Å². The molecule has 1 amide bonds. The molecule has 0 saturated carbocycles. The van der Waals surface area contributed by atoms with Gasteiger partial charge < -0.3 is 14.2 Å². The minimum absolute atomic E-state index is 0.141. The van der Waals surface area contributed by atoms with Crippen LogP contribution in [0, 0.1) is 11.7 Å². The highest BCUT2D eigenvalue weighted by molar-refractivity contribution is 7.85. The number of hydrogen-bond donors (Lipinski definition) is 0. The monoisotopic (exact) mass is 557 g/mol. The minimum Gasteiger partial charge on any atom is -0.465 e. The van der Waals surface area contributed by atoms with Crippen LogP contribution in [0.5, 0.6) is 0 Å². The van der Waals surface area contributed by atoms with Gasteiger partial charge in [0, 0.05) is 35.4 Å². The Bertz CT molecular complexity index is 1370. The second-order valence-corrected chi connectivity index (χ2v) is 12.4. The van der Waals surface area contributed by atoms with Crippen LogP contribution in [0.25, 0.3) is 0 Å². The molecule has 0 bridgehead atoms. The van der Waals surface area contributed by atoms with Crippen molar-refractivity contribution in [2.24, 2.45) is 5.92 Å². The first-order valence-electron chi connectivity index (χ1n) is 13.3. The number of amides is 1. The highest BCUT2D eigenvalue weighted by atomic mass is 31.2. The highest BCUT2D eigenvalue weighted by Gasteiger charge is 2.30. The van der Waals surface area contributed by atoms with E-state index in [9.17, 15) is 18.5 Å². The van der Waals surface area contributed by atoms with Crippen LogP contribution in [-0.2, 0) is 20.5 Å². The summed E-state index contributed by atoms with van der Waals surface area (Å²) in [7, 11) is -1.51. The fourth-order valence-electron chi connectivity index (χ4n) is 4.76. The van der Waals surface area contributed by atoms with Crippen molar-refractivity contribution in [2.45, 2.75) is 19.8 Å². The summed E-state index contributed by atoms with van der Waals surface area (Å²) < 4.78 is 32.3. The normalized spacial score (nSPS) is 13.0. The fourth-order valence-corrected chi connectivity index (χ4v) is 7.43. The summed E-state index contributed by atoms with van der Waals surface area (Å²) in [5.41, 5.74) is 0.788. The summed E-state index contributed by atoms with van der Waals surface area (Å²) >= 11 is 0. The van der Waals surface area contributed by atoms with E-state index >= 15 is 0 Å². The Morgan fingerprint density at radius 3 is 1.70 bits per heavy atom. The molecule has 1 aliphatic heterocycles. The molecular formula is C33H33FNO4P. The van der Waals surface area contributed by atoms with E-state index in [1.807, 2.05) is 97.9 Å². The maximum absolute atomic E-state index is 13.9. The summed E-state index contributed by atoms with van der Waals surface area (Å²) in [6, 6.07) is 33.5. The van der Waals surface area contributed by atoms with Gasteiger partial charge in [0.05, 0.1) is 12.7 Å². The van der Waals surface area contributed by atoms with Gasteiger partial charge in [-0.3, -0.25) is 4.79 Å². The molecule has 0 N–H and O–H groups in total. The predicted octanol–water partition coefficient (Wildman–Crippen LogP) is 5.35. The van der Waals surface area contributed by atoms with Crippen LogP contribution in [-0.4, -0.2) is 37.0 Å². The largest absolute Gasteiger partial charge is 0.465 e. The Balaban J connectivity index is 0.000000185. The molecule has 0 atom stereocenters. The molecule has 0 radical (unpaired) electrons. The van der Waals surface area contributed by atoms with Gasteiger partial charge in [-0.05, 0) is 30.0 Å². The fraction of sp³-hybridized carbons (Fsp3) is 0.212. The molecule has 0 spiro atoms. The Hall–Kier alpha value is -4.02. The van der Waals surface area contributed by atoms with Crippen molar-refractivity contribution in [1.82, 2.24) is 4.90 Å². The molecular weight excluding hydrogens is 524 g/mol. The first kappa shape index (κ1) is 29.0. The summed E-state index contributed by atoms with van der Waals surface area (Å²) in [6.45, 7) is 3.20. The van der Waals surface area contributed by atoms with Crippen LogP contribution < -0.4 is 15.9 Å².